The van der Waals surface area contributed by atoms with Crippen molar-refractivity contribution in [2.24, 2.45) is 0 Å². The zero-order chi connectivity index (χ0) is 11.3. The van der Waals surface area contributed by atoms with Crippen molar-refractivity contribution in [3.8, 4) is 0 Å². The molecule has 1 N–H and O–H groups in total. The molecular weight excluding hydrogens is 210 g/mol. The van der Waals surface area contributed by atoms with Crippen molar-refractivity contribution in [3.05, 3.63) is 11.1 Å². The van der Waals surface area contributed by atoms with Gasteiger partial charge in [0.15, 0.2) is 5.13 Å². The topological polar surface area (TPSA) is 37.4 Å². The third-order valence-corrected chi connectivity index (χ3v) is 3.32. The minimum absolute atomic E-state index is 0.311. The van der Waals surface area contributed by atoms with Gasteiger partial charge in [-0.2, -0.15) is 0 Å². The Morgan fingerprint density at radius 1 is 1.67 bits per heavy atom. The van der Waals surface area contributed by atoms with Gasteiger partial charge in [0.05, 0.1) is 12.3 Å². The Balaban J connectivity index is 2.58. The number of nitrogens with one attached hydrogen (secondary N) is 1. The predicted molar refractivity (Wildman–Crippen MR) is 64.7 cm³/mol. The third kappa shape index (κ3) is 3.44. The lowest BCUT2D eigenvalue weighted by molar-refractivity contribution is 0.206. The molecule has 0 amide bonds. The molecule has 0 spiro atoms. The van der Waals surface area contributed by atoms with Crippen LogP contribution in [0.4, 0.5) is 5.13 Å². The van der Waals surface area contributed by atoms with Crippen molar-refractivity contribution in [2.45, 2.75) is 13.0 Å². The molecule has 0 aliphatic carbocycles. The molecule has 1 aromatic rings. The number of hydrogen-bond acceptors (Lipinski definition) is 5. The van der Waals surface area contributed by atoms with Gasteiger partial charge in [-0.15, -0.1) is 11.3 Å². The van der Waals surface area contributed by atoms with Gasteiger partial charge in [0.25, 0.3) is 0 Å². The summed E-state index contributed by atoms with van der Waals surface area (Å²) in [5.74, 6) is 0. The lowest BCUT2D eigenvalue weighted by Gasteiger charge is -2.14. The van der Waals surface area contributed by atoms with E-state index in [9.17, 15) is 0 Å². The lowest BCUT2D eigenvalue weighted by atomic mass is 10.3. The highest BCUT2D eigenvalue weighted by molar-refractivity contribution is 7.13. The molecule has 4 nitrogen and oxygen atoms in total. The molecule has 1 aromatic heterocycles. The van der Waals surface area contributed by atoms with Crippen LogP contribution in [-0.2, 0) is 4.74 Å². The summed E-state index contributed by atoms with van der Waals surface area (Å²) in [5, 5.41) is 6.32. The Hall–Kier alpha value is -0.650. The molecule has 1 unspecified atom stereocenters. The van der Waals surface area contributed by atoms with Crippen molar-refractivity contribution in [1.82, 2.24) is 10.3 Å². The van der Waals surface area contributed by atoms with E-state index >= 15 is 0 Å². The highest BCUT2D eigenvalue weighted by atomic mass is 32.1. The van der Waals surface area contributed by atoms with Gasteiger partial charge < -0.3 is 15.0 Å². The van der Waals surface area contributed by atoms with Crippen LogP contribution in [0.25, 0.3) is 0 Å². The van der Waals surface area contributed by atoms with Crippen molar-refractivity contribution in [3.63, 3.8) is 0 Å². The fourth-order valence-corrected chi connectivity index (χ4v) is 2.03. The van der Waals surface area contributed by atoms with Crippen molar-refractivity contribution < 1.29 is 4.74 Å². The number of methoxy groups -OCH3 is 1. The van der Waals surface area contributed by atoms with Gasteiger partial charge in [-0.05, 0) is 14.0 Å². The molecule has 86 valence electrons. The first-order valence-electron chi connectivity index (χ1n) is 5.01. The van der Waals surface area contributed by atoms with Crippen molar-refractivity contribution in [2.75, 3.05) is 39.3 Å². The average Bonchev–Trinajstić information content (AvgIpc) is 2.74. The standard InChI is InChI=1S/C10H19N3OS/c1-8(11-2)9-7-15-10(12-9)13(3)5-6-14-4/h7-8,11H,5-6H2,1-4H3. The number of likely N-dealkylation sites (N-methyl/N-ethyl adjacent to an activating group) is 1. The van der Waals surface area contributed by atoms with Crippen LogP contribution in [0.1, 0.15) is 18.7 Å². The van der Waals surface area contributed by atoms with Gasteiger partial charge in [0.2, 0.25) is 0 Å². The van der Waals surface area contributed by atoms with Crippen LogP contribution in [0.3, 0.4) is 0 Å². The molecule has 0 bridgehead atoms. The lowest BCUT2D eigenvalue weighted by Crippen LogP contribution is -2.22. The molecule has 5 heteroatoms. The summed E-state index contributed by atoms with van der Waals surface area (Å²) in [6.45, 7) is 3.71. The molecule has 0 fully saturated rings. The van der Waals surface area contributed by atoms with E-state index in [1.54, 1.807) is 18.4 Å². The van der Waals surface area contributed by atoms with Crippen LogP contribution in [0.2, 0.25) is 0 Å². The second-order valence-corrected chi connectivity index (χ2v) is 4.32. The normalized spacial score (nSPS) is 12.8. The van der Waals surface area contributed by atoms with Gasteiger partial charge in [-0.1, -0.05) is 0 Å². The average molecular weight is 229 g/mol. The second kappa shape index (κ2) is 6.05. The zero-order valence-electron chi connectivity index (χ0n) is 9.78. The van der Waals surface area contributed by atoms with Gasteiger partial charge >= 0.3 is 0 Å². The van der Waals surface area contributed by atoms with E-state index in [2.05, 4.69) is 27.5 Å². The zero-order valence-corrected chi connectivity index (χ0v) is 10.6. The molecular formula is C10H19N3OS. The third-order valence-electron chi connectivity index (χ3n) is 2.34. The van der Waals surface area contributed by atoms with Crippen LogP contribution in [-0.4, -0.2) is 39.3 Å². The molecule has 0 aromatic carbocycles. The van der Waals surface area contributed by atoms with E-state index in [0.29, 0.717) is 6.04 Å². The number of thiazole rings is 1. The molecule has 0 aliphatic rings. The number of ether oxygens (including phenoxy) is 1. The molecule has 0 aliphatic heterocycles. The Labute approximate surface area is 95.3 Å². The van der Waals surface area contributed by atoms with Gasteiger partial charge in [0, 0.05) is 32.1 Å². The molecule has 0 saturated heterocycles. The number of anilines is 1. The fourth-order valence-electron chi connectivity index (χ4n) is 1.12. The van der Waals surface area contributed by atoms with Crippen LogP contribution >= 0.6 is 11.3 Å². The number of nitrogens with zero attached hydrogens (tertiary/aromatic N) is 2. The summed E-state index contributed by atoms with van der Waals surface area (Å²) in [4.78, 5) is 6.67. The molecule has 0 radical (unpaired) electrons. The molecule has 1 rings (SSSR count). The van der Waals surface area contributed by atoms with Crippen molar-refractivity contribution >= 4 is 16.5 Å². The molecule has 1 heterocycles. The van der Waals surface area contributed by atoms with Crippen LogP contribution in [0.5, 0.6) is 0 Å². The first kappa shape index (κ1) is 12.4. The Kier molecular flexibility index (Phi) is 5.01. The Bertz CT molecular complexity index is 290. The van der Waals surface area contributed by atoms with Crippen LogP contribution in [0, 0.1) is 0 Å². The summed E-state index contributed by atoms with van der Waals surface area (Å²) in [5.41, 5.74) is 1.10. The van der Waals surface area contributed by atoms with E-state index in [-0.39, 0.29) is 0 Å². The van der Waals surface area contributed by atoms with E-state index in [1.165, 1.54) is 0 Å². The maximum atomic E-state index is 5.03. The van der Waals surface area contributed by atoms with E-state index in [1.807, 2.05) is 14.1 Å². The minimum atomic E-state index is 0.311. The quantitative estimate of drug-likeness (QED) is 0.802. The maximum absolute atomic E-state index is 5.03. The molecule has 1 atom stereocenters. The first-order chi connectivity index (χ1) is 7.19. The summed E-state index contributed by atoms with van der Waals surface area (Å²) >= 11 is 1.67. The van der Waals surface area contributed by atoms with Gasteiger partial charge in [0.1, 0.15) is 0 Å². The summed E-state index contributed by atoms with van der Waals surface area (Å²) in [6.07, 6.45) is 0. The Morgan fingerprint density at radius 3 is 3.00 bits per heavy atom. The highest BCUT2D eigenvalue weighted by Crippen LogP contribution is 2.22. The fraction of sp³-hybridized carbons (Fsp3) is 0.700. The summed E-state index contributed by atoms with van der Waals surface area (Å²) in [7, 11) is 5.69. The summed E-state index contributed by atoms with van der Waals surface area (Å²) < 4.78 is 5.03. The second-order valence-electron chi connectivity index (χ2n) is 3.48. The number of hydrogen-bond donors (Lipinski definition) is 1. The van der Waals surface area contributed by atoms with Crippen LogP contribution < -0.4 is 10.2 Å². The number of rotatable bonds is 6. The Morgan fingerprint density at radius 2 is 2.40 bits per heavy atom. The highest BCUT2D eigenvalue weighted by Gasteiger charge is 2.10. The number of aromatic nitrogens is 1. The molecule has 0 saturated carbocycles. The van der Waals surface area contributed by atoms with Crippen molar-refractivity contribution in [1.29, 1.82) is 0 Å². The van der Waals surface area contributed by atoms with E-state index in [4.69, 9.17) is 4.74 Å². The maximum Gasteiger partial charge on any atom is 0.185 e. The van der Waals surface area contributed by atoms with E-state index < -0.39 is 0 Å². The van der Waals surface area contributed by atoms with E-state index in [0.717, 1.165) is 24.0 Å². The monoisotopic (exact) mass is 229 g/mol. The van der Waals surface area contributed by atoms with Crippen LogP contribution in [0.15, 0.2) is 5.38 Å². The first-order valence-corrected chi connectivity index (χ1v) is 5.89. The summed E-state index contributed by atoms with van der Waals surface area (Å²) in [6, 6.07) is 0.311. The molecule has 15 heavy (non-hydrogen) atoms. The SMILES string of the molecule is CNC(C)c1csc(N(C)CCOC)n1. The smallest absolute Gasteiger partial charge is 0.185 e. The predicted octanol–water partition coefficient (Wildman–Crippen LogP) is 1.51. The minimum Gasteiger partial charge on any atom is -0.383 e. The van der Waals surface area contributed by atoms with Gasteiger partial charge in [-0.25, -0.2) is 4.98 Å². The largest absolute Gasteiger partial charge is 0.383 e. The van der Waals surface area contributed by atoms with Gasteiger partial charge in [-0.3, -0.25) is 0 Å².